The fourth-order valence-corrected chi connectivity index (χ4v) is 3.85. The third-order valence-corrected chi connectivity index (χ3v) is 5.38. The van der Waals surface area contributed by atoms with E-state index in [0.717, 1.165) is 21.5 Å². The zero-order valence-electron chi connectivity index (χ0n) is 17.4. The summed E-state index contributed by atoms with van der Waals surface area (Å²) in [6.45, 7) is 4.32. The Kier molecular flexibility index (Phi) is 4.25. The predicted octanol–water partition coefficient (Wildman–Crippen LogP) is 2.72. The first-order valence-electron chi connectivity index (χ1n) is 9.91. The maximum atomic E-state index is 13.1. The highest BCUT2D eigenvalue weighted by atomic mass is 16.5. The summed E-state index contributed by atoms with van der Waals surface area (Å²) < 4.78 is 11.8. The molecular formula is C22H21N6O3+. The minimum absolute atomic E-state index is 0.218. The van der Waals surface area contributed by atoms with E-state index in [1.807, 2.05) is 33.0 Å². The van der Waals surface area contributed by atoms with E-state index in [1.54, 1.807) is 45.7 Å². The molecular weight excluding hydrogens is 396 g/mol. The van der Waals surface area contributed by atoms with Crippen LogP contribution in [0.5, 0.6) is 11.8 Å². The van der Waals surface area contributed by atoms with Crippen molar-refractivity contribution in [2.24, 2.45) is 7.05 Å². The van der Waals surface area contributed by atoms with Gasteiger partial charge in [0.15, 0.2) is 5.65 Å². The van der Waals surface area contributed by atoms with Gasteiger partial charge in [0.2, 0.25) is 0 Å². The van der Waals surface area contributed by atoms with Gasteiger partial charge in [0.1, 0.15) is 28.7 Å². The van der Waals surface area contributed by atoms with Gasteiger partial charge in [-0.1, -0.05) is 0 Å². The molecule has 0 radical (unpaired) electrons. The molecule has 156 valence electrons. The normalized spacial score (nSPS) is 11.5. The molecule has 0 spiro atoms. The average Bonchev–Trinajstić information content (AvgIpc) is 3.26. The Morgan fingerprint density at radius 3 is 2.65 bits per heavy atom. The van der Waals surface area contributed by atoms with E-state index in [2.05, 4.69) is 9.97 Å². The third-order valence-electron chi connectivity index (χ3n) is 5.38. The summed E-state index contributed by atoms with van der Waals surface area (Å²) in [6, 6.07) is 13.0. The molecule has 0 aliphatic carbocycles. The van der Waals surface area contributed by atoms with Crippen LogP contribution in [0.25, 0.3) is 28.0 Å². The Bertz CT molecular complexity index is 1490. The van der Waals surface area contributed by atoms with Crippen molar-refractivity contribution in [3.05, 3.63) is 70.9 Å². The summed E-state index contributed by atoms with van der Waals surface area (Å²) in [4.78, 5) is 21.9. The van der Waals surface area contributed by atoms with Crippen LogP contribution in [0.4, 0.5) is 0 Å². The molecule has 4 heterocycles. The van der Waals surface area contributed by atoms with E-state index in [0.29, 0.717) is 35.2 Å². The first kappa shape index (κ1) is 18.9. The molecule has 0 aliphatic heterocycles. The number of nitrogens with zero attached hydrogens (tertiary/aromatic N) is 6. The molecule has 1 N–H and O–H groups in total. The van der Waals surface area contributed by atoms with Crippen molar-refractivity contribution in [2.45, 2.75) is 20.4 Å². The van der Waals surface area contributed by atoms with Gasteiger partial charge in [-0.15, -0.1) is 4.57 Å². The molecule has 1 aromatic carbocycles. The Labute approximate surface area is 177 Å². The lowest BCUT2D eigenvalue weighted by Gasteiger charge is -2.05. The van der Waals surface area contributed by atoms with Crippen LogP contribution in [0.1, 0.15) is 12.5 Å². The minimum atomic E-state index is -0.218. The Balaban J connectivity index is 1.57. The molecule has 0 saturated heterocycles. The van der Waals surface area contributed by atoms with Gasteiger partial charge in [-0.05, 0) is 66.6 Å². The van der Waals surface area contributed by atoms with E-state index < -0.39 is 0 Å². The van der Waals surface area contributed by atoms with Gasteiger partial charge in [-0.3, -0.25) is 9.13 Å². The Morgan fingerprint density at radius 1 is 1.16 bits per heavy atom. The van der Waals surface area contributed by atoms with Crippen LogP contribution in [0.15, 0.2) is 59.7 Å². The number of aromatic nitrogens is 6. The number of hydrogen-bond donors (Lipinski definition) is 1. The summed E-state index contributed by atoms with van der Waals surface area (Å²) in [5, 5.41) is 10.4. The molecule has 0 unspecified atom stereocenters. The molecule has 0 bridgehead atoms. The largest absolute Gasteiger partial charge is 0.425 e. The monoisotopic (exact) mass is 417 g/mol. The van der Waals surface area contributed by atoms with Crippen molar-refractivity contribution in [3.8, 4) is 17.4 Å². The minimum Gasteiger partial charge on any atom is -0.425 e. The fraction of sp³-hybridized carbons (Fsp3) is 0.182. The summed E-state index contributed by atoms with van der Waals surface area (Å²) in [5.74, 6) is 0.572. The zero-order valence-corrected chi connectivity index (χ0v) is 17.4. The zero-order chi connectivity index (χ0) is 21.7. The molecule has 0 atom stereocenters. The molecule has 0 aliphatic rings. The molecule has 0 amide bonds. The number of hydrogen-bond acceptors (Lipinski definition) is 5. The maximum absolute atomic E-state index is 13.1. The molecule has 0 fully saturated rings. The quantitative estimate of drug-likeness (QED) is 0.359. The van der Waals surface area contributed by atoms with Crippen molar-refractivity contribution in [3.63, 3.8) is 0 Å². The molecule has 5 aromatic rings. The van der Waals surface area contributed by atoms with E-state index in [4.69, 9.17) is 4.74 Å². The molecule has 31 heavy (non-hydrogen) atoms. The molecule has 9 heteroatoms. The number of ether oxygens (including phenoxy) is 1. The topological polar surface area (TPSA) is 91.0 Å². The maximum Gasteiger partial charge on any atom is 0.421 e. The van der Waals surface area contributed by atoms with Gasteiger partial charge in [-0.25, -0.2) is 9.78 Å². The fourth-order valence-electron chi connectivity index (χ4n) is 3.85. The van der Waals surface area contributed by atoms with E-state index >= 15 is 0 Å². The number of aryl methyl sites for hydroxylation is 3. The second-order valence-electron chi connectivity index (χ2n) is 7.27. The second kappa shape index (κ2) is 6.98. The number of pyridine rings is 2. The summed E-state index contributed by atoms with van der Waals surface area (Å²) in [7, 11) is 1.84. The highest BCUT2D eigenvalue weighted by molar-refractivity contribution is 5.74. The molecule has 5 rings (SSSR count). The third kappa shape index (κ3) is 2.85. The van der Waals surface area contributed by atoms with Gasteiger partial charge in [0, 0.05) is 19.8 Å². The number of fused-ring (bicyclic) bond motifs is 2. The van der Waals surface area contributed by atoms with Crippen molar-refractivity contribution in [2.75, 3.05) is 0 Å². The van der Waals surface area contributed by atoms with Crippen molar-refractivity contribution in [1.29, 1.82) is 0 Å². The van der Waals surface area contributed by atoms with Crippen LogP contribution < -0.4 is 15.2 Å². The summed E-state index contributed by atoms with van der Waals surface area (Å²) >= 11 is 0. The van der Waals surface area contributed by atoms with Crippen molar-refractivity contribution in [1.82, 2.24) is 23.7 Å². The standard InChI is InChI=1S/C22H21N6O3/c1-4-26-18-14(2)11-13-27(30)20(18)28(22(26)29)15-7-9-16(10-8-15)31-21-24-17-6-5-12-23-19(17)25(21)3/h5-13,30H,4H2,1-3H3/q+1. The lowest BCUT2D eigenvalue weighted by Crippen LogP contribution is -2.33. The second-order valence-corrected chi connectivity index (χ2v) is 7.27. The van der Waals surface area contributed by atoms with Gasteiger partial charge in [0.05, 0.1) is 0 Å². The number of benzene rings is 1. The van der Waals surface area contributed by atoms with Crippen LogP contribution >= 0.6 is 0 Å². The molecule has 4 aromatic heterocycles. The van der Waals surface area contributed by atoms with Gasteiger partial charge < -0.3 is 9.94 Å². The van der Waals surface area contributed by atoms with E-state index in [-0.39, 0.29) is 5.69 Å². The average molecular weight is 417 g/mol. The van der Waals surface area contributed by atoms with Gasteiger partial charge in [0.25, 0.3) is 0 Å². The number of rotatable bonds is 4. The lowest BCUT2D eigenvalue weighted by atomic mass is 10.2. The van der Waals surface area contributed by atoms with Crippen LogP contribution in [-0.2, 0) is 13.6 Å². The van der Waals surface area contributed by atoms with Crippen molar-refractivity contribution >= 4 is 22.3 Å². The predicted molar refractivity (Wildman–Crippen MR) is 114 cm³/mol. The summed E-state index contributed by atoms with van der Waals surface area (Å²) in [5.41, 5.74) is 3.91. The van der Waals surface area contributed by atoms with E-state index in [1.165, 1.54) is 10.8 Å². The van der Waals surface area contributed by atoms with Gasteiger partial charge in [-0.2, -0.15) is 4.98 Å². The Hall–Kier alpha value is -4.14. The lowest BCUT2D eigenvalue weighted by molar-refractivity contribution is -0.886. The molecule has 9 nitrogen and oxygen atoms in total. The first-order chi connectivity index (χ1) is 15.0. The van der Waals surface area contributed by atoms with Crippen LogP contribution in [0.3, 0.4) is 0 Å². The highest BCUT2D eigenvalue weighted by Crippen LogP contribution is 2.25. The number of imidazole rings is 2. The summed E-state index contributed by atoms with van der Waals surface area (Å²) in [6.07, 6.45) is 3.24. The van der Waals surface area contributed by atoms with Gasteiger partial charge >= 0.3 is 17.3 Å². The van der Waals surface area contributed by atoms with Crippen molar-refractivity contribution < 1.29 is 14.7 Å². The highest BCUT2D eigenvalue weighted by Gasteiger charge is 2.26. The van der Waals surface area contributed by atoms with E-state index in [9.17, 15) is 10.0 Å². The Morgan fingerprint density at radius 2 is 1.94 bits per heavy atom. The van der Waals surface area contributed by atoms with Crippen LogP contribution in [0.2, 0.25) is 0 Å². The molecule has 0 saturated carbocycles. The SMILES string of the molecule is CCn1c(=O)n(-c2ccc(Oc3nc4cccnc4n3C)cc2)c2c1c(C)cc[n+]2O. The van der Waals surface area contributed by atoms with Crippen LogP contribution in [-0.4, -0.2) is 28.9 Å². The smallest absolute Gasteiger partial charge is 0.421 e. The van der Waals surface area contributed by atoms with Crippen LogP contribution in [0, 0.1) is 6.92 Å². The first-order valence-corrected chi connectivity index (χ1v) is 9.91.